The third kappa shape index (κ3) is 2.41. The molecule has 0 saturated heterocycles. The third-order valence-electron chi connectivity index (χ3n) is 2.96. The minimum absolute atomic E-state index is 0.251. The van der Waals surface area contributed by atoms with E-state index in [1.54, 1.807) is 18.0 Å². The fourth-order valence-electron chi connectivity index (χ4n) is 2.07. The molecule has 5 heteroatoms. The van der Waals surface area contributed by atoms with Gasteiger partial charge in [0.05, 0.1) is 23.0 Å². The molecule has 96 valence electrons. The van der Waals surface area contributed by atoms with Crippen LogP contribution in [-0.2, 0) is 11.8 Å². The van der Waals surface area contributed by atoms with Crippen LogP contribution < -0.4 is 5.73 Å². The van der Waals surface area contributed by atoms with Crippen molar-refractivity contribution in [3.63, 3.8) is 0 Å². The van der Waals surface area contributed by atoms with Crippen LogP contribution in [0.5, 0.6) is 0 Å². The van der Waals surface area contributed by atoms with Gasteiger partial charge in [-0.3, -0.25) is 4.68 Å². The second kappa shape index (κ2) is 5.52. The Balaban J connectivity index is 2.34. The predicted molar refractivity (Wildman–Crippen MR) is 71.3 cm³/mol. The van der Waals surface area contributed by atoms with Gasteiger partial charge in [-0.2, -0.15) is 5.10 Å². The molecule has 2 N–H and O–H groups in total. The highest BCUT2D eigenvalue weighted by Gasteiger charge is 2.25. The van der Waals surface area contributed by atoms with Crippen LogP contribution in [-0.4, -0.2) is 16.9 Å². The third-order valence-corrected chi connectivity index (χ3v) is 3.25. The lowest BCUT2D eigenvalue weighted by Crippen LogP contribution is -2.24. The fraction of sp³-hybridized carbons (Fsp3) is 0.308. The van der Waals surface area contributed by atoms with E-state index in [0.717, 1.165) is 11.3 Å². The van der Waals surface area contributed by atoms with E-state index in [1.165, 1.54) is 0 Å². The smallest absolute Gasteiger partial charge is 0.103 e. The maximum atomic E-state index is 6.26. The van der Waals surface area contributed by atoms with Crippen molar-refractivity contribution in [2.24, 2.45) is 12.8 Å². The summed E-state index contributed by atoms with van der Waals surface area (Å²) < 4.78 is 7.19. The molecule has 0 radical (unpaired) electrons. The van der Waals surface area contributed by atoms with Gasteiger partial charge in [-0.25, -0.2) is 0 Å². The molecule has 0 aliphatic heterocycles. The Kier molecular flexibility index (Phi) is 4.01. The molecule has 2 aromatic rings. The molecule has 1 heterocycles. The summed E-state index contributed by atoms with van der Waals surface area (Å²) >= 11 is 6.11. The van der Waals surface area contributed by atoms with Gasteiger partial charge in [-0.15, -0.1) is 0 Å². The Morgan fingerprint density at radius 2 is 2.00 bits per heavy atom. The highest BCUT2D eigenvalue weighted by molar-refractivity contribution is 6.31. The number of aromatic nitrogens is 2. The molecule has 18 heavy (non-hydrogen) atoms. The van der Waals surface area contributed by atoms with Gasteiger partial charge in [-0.1, -0.05) is 41.9 Å². The summed E-state index contributed by atoms with van der Waals surface area (Å²) in [6, 6.07) is 9.48. The number of hydrogen-bond acceptors (Lipinski definition) is 3. The van der Waals surface area contributed by atoms with Crippen LogP contribution in [0.2, 0.25) is 5.02 Å². The number of methoxy groups -OCH3 is 1. The van der Waals surface area contributed by atoms with E-state index >= 15 is 0 Å². The van der Waals surface area contributed by atoms with Gasteiger partial charge in [0, 0.05) is 14.2 Å². The Bertz CT molecular complexity index is 493. The van der Waals surface area contributed by atoms with Crippen LogP contribution in [0.1, 0.15) is 23.4 Å². The molecule has 1 aromatic carbocycles. The van der Waals surface area contributed by atoms with E-state index in [-0.39, 0.29) is 12.1 Å². The topological polar surface area (TPSA) is 53.1 Å². The van der Waals surface area contributed by atoms with Gasteiger partial charge in [0.15, 0.2) is 0 Å². The summed E-state index contributed by atoms with van der Waals surface area (Å²) in [6.07, 6.45) is 1.34. The first-order valence-corrected chi connectivity index (χ1v) is 6.03. The molecule has 0 amide bonds. The molecule has 0 aliphatic carbocycles. The van der Waals surface area contributed by atoms with Crippen LogP contribution in [0.4, 0.5) is 0 Å². The molecular formula is C13H16ClN3O. The number of hydrogen-bond donors (Lipinski definition) is 1. The molecular weight excluding hydrogens is 250 g/mol. The van der Waals surface area contributed by atoms with E-state index in [9.17, 15) is 0 Å². The molecule has 2 rings (SSSR count). The van der Waals surface area contributed by atoms with Crippen LogP contribution in [0, 0.1) is 0 Å². The Labute approximate surface area is 111 Å². The summed E-state index contributed by atoms with van der Waals surface area (Å²) in [5, 5.41) is 4.66. The number of halogens is 1. The second-order valence-electron chi connectivity index (χ2n) is 4.09. The number of benzene rings is 1. The lowest BCUT2D eigenvalue weighted by molar-refractivity contribution is 0.0778. The van der Waals surface area contributed by atoms with E-state index in [1.807, 2.05) is 37.4 Å². The number of rotatable bonds is 4. The average Bonchev–Trinajstić information content (AvgIpc) is 2.71. The highest BCUT2D eigenvalue weighted by Crippen LogP contribution is 2.32. The Hall–Kier alpha value is -1.36. The van der Waals surface area contributed by atoms with Crippen molar-refractivity contribution in [1.82, 2.24) is 9.78 Å². The van der Waals surface area contributed by atoms with Crippen molar-refractivity contribution in [2.75, 3.05) is 7.11 Å². The van der Waals surface area contributed by atoms with Crippen molar-refractivity contribution in [3.8, 4) is 0 Å². The van der Waals surface area contributed by atoms with Crippen LogP contribution in [0.25, 0.3) is 0 Å². The molecule has 0 aliphatic rings. The Morgan fingerprint density at radius 3 is 2.50 bits per heavy atom. The fourth-order valence-corrected chi connectivity index (χ4v) is 2.36. The van der Waals surface area contributed by atoms with Gasteiger partial charge >= 0.3 is 0 Å². The molecule has 0 saturated carbocycles. The number of ether oxygens (including phenoxy) is 1. The maximum absolute atomic E-state index is 6.26. The van der Waals surface area contributed by atoms with Crippen LogP contribution in [0.15, 0.2) is 36.5 Å². The SMILES string of the molecule is COC(c1ccccc1)C(N)c1c(Cl)cnn1C. The van der Waals surface area contributed by atoms with Crippen molar-refractivity contribution in [1.29, 1.82) is 0 Å². The number of nitrogens with two attached hydrogens (primary N) is 1. The molecule has 1 aromatic heterocycles. The van der Waals surface area contributed by atoms with Gasteiger partial charge < -0.3 is 10.5 Å². The standard InChI is InChI=1S/C13H16ClN3O/c1-17-12(10(14)8-16-17)11(15)13(18-2)9-6-4-3-5-7-9/h3-8,11,13H,15H2,1-2H3. The lowest BCUT2D eigenvalue weighted by atomic mass is 10.0. The first kappa shape index (κ1) is 13.1. The zero-order valence-corrected chi connectivity index (χ0v) is 11.1. The summed E-state index contributed by atoms with van der Waals surface area (Å²) in [7, 11) is 3.46. The van der Waals surface area contributed by atoms with Gasteiger partial charge in [0.1, 0.15) is 6.10 Å². The molecule has 2 atom stereocenters. The van der Waals surface area contributed by atoms with Gasteiger partial charge in [0.2, 0.25) is 0 Å². The predicted octanol–water partition coefficient (Wildman–Crippen LogP) is 2.46. The van der Waals surface area contributed by atoms with Gasteiger partial charge in [-0.05, 0) is 5.56 Å². The van der Waals surface area contributed by atoms with Gasteiger partial charge in [0.25, 0.3) is 0 Å². The summed E-state index contributed by atoms with van der Waals surface area (Å²) in [4.78, 5) is 0. The average molecular weight is 266 g/mol. The van der Waals surface area contributed by atoms with E-state index < -0.39 is 0 Å². The van der Waals surface area contributed by atoms with E-state index in [2.05, 4.69) is 5.10 Å². The Morgan fingerprint density at radius 1 is 1.33 bits per heavy atom. The number of aryl methyl sites for hydroxylation is 1. The van der Waals surface area contributed by atoms with Crippen molar-refractivity contribution in [3.05, 3.63) is 52.8 Å². The minimum atomic E-state index is -0.364. The minimum Gasteiger partial charge on any atom is -0.375 e. The van der Waals surface area contributed by atoms with Crippen LogP contribution >= 0.6 is 11.6 Å². The first-order valence-electron chi connectivity index (χ1n) is 5.66. The highest BCUT2D eigenvalue weighted by atomic mass is 35.5. The monoisotopic (exact) mass is 265 g/mol. The molecule has 0 fully saturated rings. The van der Waals surface area contributed by atoms with Crippen molar-refractivity contribution in [2.45, 2.75) is 12.1 Å². The summed E-state index contributed by atoms with van der Waals surface area (Å²) in [5.74, 6) is 0. The van der Waals surface area contributed by atoms with E-state index in [4.69, 9.17) is 22.1 Å². The quantitative estimate of drug-likeness (QED) is 0.924. The molecule has 2 unspecified atom stereocenters. The largest absolute Gasteiger partial charge is 0.375 e. The van der Waals surface area contributed by atoms with Crippen LogP contribution in [0.3, 0.4) is 0 Å². The molecule has 4 nitrogen and oxygen atoms in total. The molecule has 0 spiro atoms. The summed E-state index contributed by atoms with van der Waals surface area (Å²) in [6.45, 7) is 0. The normalized spacial score (nSPS) is 14.4. The van der Waals surface area contributed by atoms with E-state index in [0.29, 0.717) is 5.02 Å². The zero-order valence-electron chi connectivity index (χ0n) is 10.4. The second-order valence-corrected chi connectivity index (χ2v) is 4.50. The summed E-state index contributed by atoms with van der Waals surface area (Å²) in [5.41, 5.74) is 8.05. The number of nitrogens with zero attached hydrogens (tertiary/aromatic N) is 2. The van der Waals surface area contributed by atoms with Crippen molar-refractivity contribution < 1.29 is 4.74 Å². The maximum Gasteiger partial charge on any atom is 0.103 e. The lowest BCUT2D eigenvalue weighted by Gasteiger charge is -2.23. The molecule has 0 bridgehead atoms. The zero-order chi connectivity index (χ0) is 13.1. The first-order chi connectivity index (χ1) is 8.65. The van der Waals surface area contributed by atoms with Crippen molar-refractivity contribution >= 4 is 11.6 Å².